The Bertz CT molecular complexity index is 1420. The van der Waals surface area contributed by atoms with Gasteiger partial charge in [-0.1, -0.05) is 32.9 Å². The minimum absolute atomic E-state index is 0.000396. The van der Waals surface area contributed by atoms with Crippen LogP contribution in [0.15, 0.2) is 41.6 Å². The predicted molar refractivity (Wildman–Crippen MR) is 143 cm³/mol. The highest BCUT2D eigenvalue weighted by molar-refractivity contribution is 8.19. The number of carbonyl (C=O) groups is 3. The van der Waals surface area contributed by atoms with Crippen LogP contribution in [0.2, 0.25) is 0 Å². The molecule has 0 saturated carbocycles. The fraction of sp³-hybridized carbons (Fsp3) is 0.400. The summed E-state index contributed by atoms with van der Waals surface area (Å²) < 4.78 is 35.5. The normalized spacial score (nSPS) is 21.4. The average molecular weight is 577 g/mol. The van der Waals surface area contributed by atoms with Crippen LogP contribution in [-0.4, -0.2) is 74.9 Å². The van der Waals surface area contributed by atoms with Crippen molar-refractivity contribution in [2.24, 2.45) is 5.41 Å². The van der Waals surface area contributed by atoms with Crippen molar-refractivity contribution in [1.29, 1.82) is 0 Å². The lowest BCUT2D eigenvalue weighted by Crippen LogP contribution is -2.53. The van der Waals surface area contributed by atoms with Crippen molar-refractivity contribution in [3.05, 3.63) is 47.1 Å². The van der Waals surface area contributed by atoms with E-state index in [1.165, 1.54) is 17.3 Å². The topological polar surface area (TPSA) is 156 Å². The molecule has 2 aromatic rings. The Hall–Kier alpha value is -3.65. The number of hydrogen-bond donors (Lipinski definition) is 1. The summed E-state index contributed by atoms with van der Waals surface area (Å²) in [7, 11) is -3.99. The van der Waals surface area contributed by atoms with Crippen LogP contribution in [0.25, 0.3) is 6.08 Å². The minimum atomic E-state index is -3.99. The van der Waals surface area contributed by atoms with Crippen LogP contribution in [0.5, 0.6) is 17.5 Å². The molecule has 0 bridgehead atoms. The van der Waals surface area contributed by atoms with E-state index in [-0.39, 0.29) is 32.7 Å². The standard InChI is InChI=1S/C25H28N4O8S2/c1-25(2,3)19-12-17(9-10-28(19)23(31)32)37-21-13-20(26-14-27-21)36-16-7-5-15(6-8-16)11-18-22(30)29(24(33)38-18)39(4,34)35/h5-8,11,13-14,17,19H,9-10,12H2,1-4H3,(H,31,32)/b18-11-. The molecule has 12 nitrogen and oxygen atoms in total. The van der Waals surface area contributed by atoms with E-state index < -0.39 is 27.3 Å². The van der Waals surface area contributed by atoms with E-state index in [9.17, 15) is 27.9 Å². The molecule has 2 fully saturated rings. The van der Waals surface area contributed by atoms with Crippen LogP contribution in [0.1, 0.15) is 39.2 Å². The second-order valence-corrected chi connectivity index (χ2v) is 13.0. The van der Waals surface area contributed by atoms with Gasteiger partial charge in [0.1, 0.15) is 18.2 Å². The number of imide groups is 1. The van der Waals surface area contributed by atoms with Gasteiger partial charge in [0.25, 0.3) is 5.91 Å². The number of piperidine rings is 1. The second-order valence-electron chi connectivity index (χ2n) is 10.2. The zero-order valence-corrected chi connectivity index (χ0v) is 23.4. The van der Waals surface area contributed by atoms with E-state index >= 15 is 0 Å². The van der Waals surface area contributed by atoms with Crippen LogP contribution < -0.4 is 9.47 Å². The number of aromatic nitrogens is 2. The van der Waals surface area contributed by atoms with Crippen molar-refractivity contribution in [3.8, 4) is 17.5 Å². The third kappa shape index (κ3) is 6.68. The van der Waals surface area contributed by atoms with Crippen molar-refractivity contribution < 1.29 is 37.4 Å². The molecule has 1 aromatic heterocycles. The van der Waals surface area contributed by atoms with Crippen LogP contribution >= 0.6 is 11.8 Å². The lowest BCUT2D eigenvalue weighted by molar-refractivity contribution is -0.119. The first-order valence-corrected chi connectivity index (χ1v) is 14.6. The van der Waals surface area contributed by atoms with Gasteiger partial charge in [-0.25, -0.2) is 23.2 Å². The fourth-order valence-corrected chi connectivity index (χ4v) is 6.32. The summed E-state index contributed by atoms with van der Waals surface area (Å²) in [5.74, 6) is 0.0874. The molecular formula is C25H28N4O8S2. The zero-order chi connectivity index (χ0) is 28.5. The number of likely N-dealkylation sites (tertiary alicyclic amines) is 1. The van der Waals surface area contributed by atoms with Crippen molar-refractivity contribution >= 4 is 45.1 Å². The molecule has 2 aliphatic rings. The largest absolute Gasteiger partial charge is 0.474 e. The van der Waals surface area contributed by atoms with Gasteiger partial charge in [-0.2, -0.15) is 4.31 Å². The van der Waals surface area contributed by atoms with Gasteiger partial charge in [0.2, 0.25) is 21.8 Å². The van der Waals surface area contributed by atoms with Crippen molar-refractivity contribution in [2.75, 3.05) is 12.8 Å². The summed E-state index contributed by atoms with van der Waals surface area (Å²) in [5, 5.41) is 8.70. The SMILES string of the molecule is CC(C)(C)C1CC(Oc2cc(Oc3ccc(/C=C4\SC(=O)N(S(C)(=O)=O)C4=O)cc3)ncn2)CCN1C(=O)O. The van der Waals surface area contributed by atoms with Crippen LogP contribution in [0.4, 0.5) is 9.59 Å². The molecule has 3 amide bonds. The van der Waals surface area contributed by atoms with E-state index in [1.807, 2.05) is 20.8 Å². The molecule has 2 unspecified atom stereocenters. The third-order valence-corrected chi connectivity index (χ3v) is 8.17. The molecule has 1 N–H and O–H groups in total. The molecule has 0 spiro atoms. The Kier molecular flexibility index (Phi) is 7.89. The van der Waals surface area contributed by atoms with Gasteiger partial charge < -0.3 is 19.5 Å². The highest BCUT2D eigenvalue weighted by Crippen LogP contribution is 2.35. The molecule has 0 aliphatic carbocycles. The summed E-state index contributed by atoms with van der Waals surface area (Å²) in [6.07, 6.45) is 3.44. The van der Waals surface area contributed by atoms with Gasteiger partial charge >= 0.3 is 11.3 Å². The Balaban J connectivity index is 1.41. The lowest BCUT2D eigenvalue weighted by Gasteiger charge is -2.44. The first-order chi connectivity index (χ1) is 18.2. The van der Waals surface area contributed by atoms with E-state index in [4.69, 9.17) is 9.47 Å². The number of hydrogen-bond acceptors (Lipinski definition) is 10. The van der Waals surface area contributed by atoms with Gasteiger partial charge in [0, 0.05) is 25.4 Å². The van der Waals surface area contributed by atoms with Crippen LogP contribution in [0, 0.1) is 5.41 Å². The average Bonchev–Trinajstić information content (AvgIpc) is 3.12. The molecule has 0 radical (unpaired) electrons. The Morgan fingerprint density at radius 3 is 2.41 bits per heavy atom. The Morgan fingerprint density at radius 1 is 1.15 bits per heavy atom. The lowest BCUT2D eigenvalue weighted by atomic mass is 9.80. The number of carboxylic acid groups (broad SMARTS) is 1. The number of sulfonamides is 1. The number of nitrogens with zero attached hydrogens (tertiary/aromatic N) is 4. The summed E-state index contributed by atoms with van der Waals surface area (Å²) >= 11 is 0.554. The number of benzene rings is 1. The van der Waals surface area contributed by atoms with E-state index in [0.717, 1.165) is 6.26 Å². The van der Waals surface area contributed by atoms with Crippen LogP contribution in [-0.2, 0) is 14.8 Å². The molecule has 208 valence electrons. The number of carbonyl (C=O) groups excluding carboxylic acids is 2. The molecule has 14 heteroatoms. The predicted octanol–water partition coefficient (Wildman–Crippen LogP) is 4.20. The summed E-state index contributed by atoms with van der Waals surface area (Å²) in [5.41, 5.74) is 0.309. The molecule has 39 heavy (non-hydrogen) atoms. The number of rotatable bonds is 6. The number of thioether (sulfide) groups is 1. The Labute approximate surface area is 230 Å². The molecule has 2 atom stereocenters. The summed E-state index contributed by atoms with van der Waals surface area (Å²) in [6.45, 7) is 6.37. The maximum Gasteiger partial charge on any atom is 0.407 e. The molecule has 2 saturated heterocycles. The van der Waals surface area contributed by atoms with E-state index in [1.54, 1.807) is 30.3 Å². The molecule has 2 aliphatic heterocycles. The highest BCUT2D eigenvalue weighted by Gasteiger charge is 2.41. The highest BCUT2D eigenvalue weighted by atomic mass is 32.2. The third-order valence-electron chi connectivity index (χ3n) is 6.19. The zero-order valence-electron chi connectivity index (χ0n) is 21.7. The van der Waals surface area contributed by atoms with E-state index in [0.29, 0.717) is 48.3 Å². The summed E-state index contributed by atoms with van der Waals surface area (Å²) in [4.78, 5) is 45.7. The van der Waals surface area contributed by atoms with Crippen molar-refractivity contribution in [3.63, 3.8) is 0 Å². The van der Waals surface area contributed by atoms with Gasteiger partial charge in [-0.3, -0.25) is 9.59 Å². The Morgan fingerprint density at radius 2 is 1.82 bits per heavy atom. The van der Waals surface area contributed by atoms with Gasteiger partial charge in [-0.15, -0.1) is 0 Å². The monoisotopic (exact) mass is 576 g/mol. The fourth-order valence-electron chi connectivity index (χ4n) is 4.35. The van der Waals surface area contributed by atoms with Crippen LogP contribution in [0.3, 0.4) is 0 Å². The van der Waals surface area contributed by atoms with Crippen molar-refractivity contribution in [2.45, 2.75) is 45.8 Å². The van der Waals surface area contributed by atoms with Gasteiger partial charge in [0.15, 0.2) is 0 Å². The first kappa shape index (κ1) is 28.4. The molecule has 1 aromatic carbocycles. The smallest absolute Gasteiger partial charge is 0.407 e. The van der Waals surface area contributed by atoms with Gasteiger partial charge in [0.05, 0.1) is 17.2 Å². The maximum atomic E-state index is 12.3. The minimum Gasteiger partial charge on any atom is -0.474 e. The maximum absolute atomic E-state index is 12.3. The number of amides is 3. The first-order valence-electron chi connectivity index (χ1n) is 12.0. The molecule has 3 heterocycles. The van der Waals surface area contributed by atoms with E-state index in [2.05, 4.69) is 9.97 Å². The molecular weight excluding hydrogens is 548 g/mol. The number of ether oxygens (including phenoxy) is 2. The summed E-state index contributed by atoms with van der Waals surface area (Å²) in [6, 6.07) is 7.89. The van der Waals surface area contributed by atoms with Gasteiger partial charge in [-0.05, 0) is 40.9 Å². The quantitative estimate of drug-likeness (QED) is 0.492. The molecule has 4 rings (SSSR count). The second kappa shape index (κ2) is 10.8. The van der Waals surface area contributed by atoms with Crippen molar-refractivity contribution in [1.82, 2.24) is 19.2 Å².